The first-order valence-electron chi connectivity index (χ1n) is 9.96. The molecule has 0 radical (unpaired) electrons. The average molecular weight is 371 g/mol. The molecular formula is C20H26N4OS. The van der Waals surface area contributed by atoms with Gasteiger partial charge in [0.2, 0.25) is 0 Å². The number of aromatic nitrogens is 3. The Bertz CT molecular complexity index is 774. The van der Waals surface area contributed by atoms with Gasteiger partial charge < -0.3 is 9.47 Å². The van der Waals surface area contributed by atoms with Gasteiger partial charge >= 0.3 is 0 Å². The predicted molar refractivity (Wildman–Crippen MR) is 101 cm³/mol. The lowest BCUT2D eigenvalue weighted by molar-refractivity contribution is 0.0763. The highest BCUT2D eigenvalue weighted by Crippen LogP contribution is 2.52. The standard InChI is InChI=1S/C20H26N4OS/c25-19(17-5-4-10-26-17)23-12-16(20(13-23)8-2-1-3-9-20)18-22-21-14-24(18)11-15-6-7-15/h4-5,10,14-16H,1-3,6-9,11-13H2. The predicted octanol–water partition coefficient (Wildman–Crippen LogP) is 3.94. The largest absolute Gasteiger partial charge is 0.337 e. The zero-order valence-corrected chi connectivity index (χ0v) is 16.0. The van der Waals surface area contributed by atoms with Crippen LogP contribution in [0.25, 0.3) is 0 Å². The van der Waals surface area contributed by atoms with Crippen LogP contribution in [0.2, 0.25) is 0 Å². The topological polar surface area (TPSA) is 51.0 Å². The summed E-state index contributed by atoms with van der Waals surface area (Å²) in [7, 11) is 0. The Balaban J connectivity index is 1.46. The summed E-state index contributed by atoms with van der Waals surface area (Å²) in [6.07, 6.45) is 10.9. The number of carbonyl (C=O) groups is 1. The van der Waals surface area contributed by atoms with Gasteiger partial charge in [0, 0.05) is 25.6 Å². The number of rotatable bonds is 4. The highest BCUT2D eigenvalue weighted by atomic mass is 32.1. The molecule has 2 saturated carbocycles. The van der Waals surface area contributed by atoms with Crippen molar-refractivity contribution in [3.05, 3.63) is 34.5 Å². The molecule has 2 aromatic rings. The molecule has 138 valence electrons. The molecule has 1 spiro atoms. The van der Waals surface area contributed by atoms with Gasteiger partial charge in [0.15, 0.2) is 0 Å². The molecule has 5 rings (SSSR count). The molecule has 2 aliphatic carbocycles. The van der Waals surface area contributed by atoms with Gasteiger partial charge in [0.05, 0.1) is 4.88 Å². The fraction of sp³-hybridized carbons (Fsp3) is 0.650. The molecule has 1 aliphatic heterocycles. The molecule has 0 aromatic carbocycles. The highest BCUT2D eigenvalue weighted by Gasteiger charge is 2.50. The van der Waals surface area contributed by atoms with E-state index in [1.807, 2.05) is 23.8 Å². The Morgan fingerprint density at radius 3 is 2.85 bits per heavy atom. The summed E-state index contributed by atoms with van der Waals surface area (Å²) in [5, 5.41) is 10.8. The van der Waals surface area contributed by atoms with Crippen LogP contribution in [-0.2, 0) is 6.54 Å². The molecule has 3 heterocycles. The fourth-order valence-electron chi connectivity index (χ4n) is 5.05. The normalized spacial score (nSPS) is 25.1. The number of hydrogen-bond acceptors (Lipinski definition) is 4. The second kappa shape index (κ2) is 6.48. The minimum atomic E-state index is 0.194. The summed E-state index contributed by atoms with van der Waals surface area (Å²) >= 11 is 1.55. The Morgan fingerprint density at radius 2 is 2.12 bits per heavy atom. The van der Waals surface area contributed by atoms with Crippen molar-refractivity contribution in [1.29, 1.82) is 0 Å². The lowest BCUT2D eigenvalue weighted by atomic mass is 9.67. The molecule has 0 bridgehead atoms. The van der Waals surface area contributed by atoms with Crippen LogP contribution in [0.5, 0.6) is 0 Å². The molecule has 1 atom stereocenters. The first-order chi connectivity index (χ1) is 12.8. The van der Waals surface area contributed by atoms with Gasteiger partial charge in [-0.15, -0.1) is 21.5 Å². The Kier molecular flexibility index (Phi) is 4.11. The van der Waals surface area contributed by atoms with E-state index in [1.165, 1.54) is 44.9 Å². The van der Waals surface area contributed by atoms with Crippen molar-refractivity contribution in [2.75, 3.05) is 13.1 Å². The smallest absolute Gasteiger partial charge is 0.263 e. The molecule has 1 amide bonds. The van der Waals surface area contributed by atoms with Crippen molar-refractivity contribution in [2.45, 2.75) is 57.4 Å². The van der Waals surface area contributed by atoms with Crippen LogP contribution in [0, 0.1) is 11.3 Å². The number of amides is 1. The third-order valence-corrected chi connectivity index (χ3v) is 7.48. The van der Waals surface area contributed by atoms with Crippen LogP contribution >= 0.6 is 11.3 Å². The van der Waals surface area contributed by atoms with Crippen LogP contribution in [0.1, 0.15) is 66.4 Å². The Hall–Kier alpha value is -1.69. The van der Waals surface area contributed by atoms with E-state index < -0.39 is 0 Å². The van der Waals surface area contributed by atoms with Crippen molar-refractivity contribution in [3.63, 3.8) is 0 Å². The van der Waals surface area contributed by atoms with Gasteiger partial charge in [0.25, 0.3) is 5.91 Å². The second-order valence-electron chi connectivity index (χ2n) is 8.42. The fourth-order valence-corrected chi connectivity index (χ4v) is 5.74. The maximum absolute atomic E-state index is 13.0. The zero-order valence-electron chi connectivity index (χ0n) is 15.1. The molecule has 26 heavy (non-hydrogen) atoms. The van der Waals surface area contributed by atoms with Crippen molar-refractivity contribution >= 4 is 17.2 Å². The summed E-state index contributed by atoms with van der Waals surface area (Å²) in [4.78, 5) is 16.0. The molecule has 3 fully saturated rings. The van der Waals surface area contributed by atoms with Crippen LogP contribution in [-0.4, -0.2) is 38.7 Å². The second-order valence-corrected chi connectivity index (χ2v) is 9.37. The SMILES string of the molecule is O=C(c1cccs1)N1CC(c2nncn2CC2CC2)C2(CCCCC2)C1. The van der Waals surface area contributed by atoms with E-state index in [9.17, 15) is 4.79 Å². The van der Waals surface area contributed by atoms with E-state index in [0.29, 0.717) is 5.92 Å². The summed E-state index contributed by atoms with van der Waals surface area (Å²) in [6.45, 7) is 2.72. The maximum Gasteiger partial charge on any atom is 0.263 e. The van der Waals surface area contributed by atoms with Gasteiger partial charge in [-0.2, -0.15) is 0 Å². The van der Waals surface area contributed by atoms with Crippen molar-refractivity contribution < 1.29 is 4.79 Å². The number of nitrogens with zero attached hydrogens (tertiary/aromatic N) is 4. The van der Waals surface area contributed by atoms with E-state index in [-0.39, 0.29) is 11.3 Å². The zero-order chi connectivity index (χ0) is 17.6. The lowest BCUT2D eigenvalue weighted by Crippen LogP contribution is -2.34. The number of hydrogen-bond donors (Lipinski definition) is 0. The molecule has 5 nitrogen and oxygen atoms in total. The van der Waals surface area contributed by atoms with Crippen LogP contribution in [0.4, 0.5) is 0 Å². The first kappa shape index (κ1) is 16.5. The van der Waals surface area contributed by atoms with Gasteiger partial charge in [-0.1, -0.05) is 25.3 Å². The van der Waals surface area contributed by atoms with E-state index in [1.54, 1.807) is 11.3 Å². The molecule has 0 N–H and O–H groups in total. The molecule has 3 aliphatic rings. The Labute approximate surface area is 158 Å². The van der Waals surface area contributed by atoms with Crippen LogP contribution in [0.3, 0.4) is 0 Å². The van der Waals surface area contributed by atoms with Crippen LogP contribution < -0.4 is 0 Å². The molecular weight excluding hydrogens is 344 g/mol. The van der Waals surface area contributed by atoms with E-state index in [4.69, 9.17) is 0 Å². The monoisotopic (exact) mass is 370 g/mol. The van der Waals surface area contributed by atoms with Gasteiger partial charge in [-0.05, 0) is 48.5 Å². The van der Waals surface area contributed by atoms with Gasteiger partial charge in [-0.3, -0.25) is 4.79 Å². The molecule has 6 heteroatoms. The summed E-state index contributed by atoms with van der Waals surface area (Å²) < 4.78 is 2.29. The van der Waals surface area contributed by atoms with Crippen molar-refractivity contribution in [3.8, 4) is 0 Å². The third-order valence-electron chi connectivity index (χ3n) is 6.63. The van der Waals surface area contributed by atoms with Gasteiger partial charge in [0.1, 0.15) is 12.2 Å². The molecule has 2 aromatic heterocycles. The van der Waals surface area contributed by atoms with E-state index in [2.05, 4.69) is 19.7 Å². The average Bonchev–Trinajstić information content (AvgIpc) is 3.05. The van der Waals surface area contributed by atoms with Crippen LogP contribution in [0.15, 0.2) is 23.8 Å². The number of carbonyl (C=O) groups excluding carboxylic acids is 1. The maximum atomic E-state index is 13.0. The number of likely N-dealkylation sites (tertiary alicyclic amines) is 1. The third kappa shape index (κ3) is 2.88. The van der Waals surface area contributed by atoms with E-state index >= 15 is 0 Å². The summed E-state index contributed by atoms with van der Waals surface area (Å²) in [5.41, 5.74) is 0.194. The van der Waals surface area contributed by atoms with Crippen molar-refractivity contribution in [2.24, 2.45) is 11.3 Å². The minimum Gasteiger partial charge on any atom is -0.337 e. The Morgan fingerprint density at radius 1 is 1.27 bits per heavy atom. The molecule has 1 saturated heterocycles. The minimum absolute atomic E-state index is 0.194. The highest BCUT2D eigenvalue weighted by molar-refractivity contribution is 7.12. The van der Waals surface area contributed by atoms with Crippen molar-refractivity contribution in [1.82, 2.24) is 19.7 Å². The van der Waals surface area contributed by atoms with Gasteiger partial charge in [-0.25, -0.2) is 0 Å². The van der Waals surface area contributed by atoms with E-state index in [0.717, 1.165) is 36.3 Å². The summed E-state index contributed by atoms with van der Waals surface area (Å²) in [5.74, 6) is 2.45. The quantitative estimate of drug-likeness (QED) is 0.819. The number of thiophene rings is 1. The lowest BCUT2D eigenvalue weighted by Gasteiger charge is -2.37. The first-order valence-corrected chi connectivity index (χ1v) is 10.8. The molecule has 1 unspecified atom stereocenters. The summed E-state index contributed by atoms with van der Waals surface area (Å²) in [6, 6.07) is 3.91.